The fourth-order valence-corrected chi connectivity index (χ4v) is 5.52. The van der Waals surface area contributed by atoms with E-state index in [0.29, 0.717) is 18.0 Å². The van der Waals surface area contributed by atoms with Gasteiger partial charge in [-0.25, -0.2) is 0 Å². The first-order valence-corrected chi connectivity index (χ1v) is 11.7. The van der Waals surface area contributed by atoms with Crippen molar-refractivity contribution in [3.63, 3.8) is 0 Å². The summed E-state index contributed by atoms with van der Waals surface area (Å²) in [5.41, 5.74) is 2.57. The summed E-state index contributed by atoms with van der Waals surface area (Å²) in [6.07, 6.45) is 7.22. The van der Waals surface area contributed by atoms with Crippen molar-refractivity contribution in [1.29, 1.82) is 0 Å². The topological polar surface area (TPSA) is 43.9 Å². The van der Waals surface area contributed by atoms with Crippen LogP contribution in [0.1, 0.15) is 48.0 Å². The Morgan fingerprint density at radius 1 is 0.774 bits per heavy atom. The number of carbonyl (C=O) groups excluding carboxylic acids is 2. The molecule has 2 amide bonds. The highest BCUT2D eigenvalue weighted by Gasteiger charge is 2.41. The molecule has 2 fully saturated rings. The van der Waals surface area contributed by atoms with Crippen molar-refractivity contribution in [3.05, 3.63) is 65.7 Å². The first-order chi connectivity index (χ1) is 15.2. The van der Waals surface area contributed by atoms with Gasteiger partial charge in [0.25, 0.3) is 5.91 Å². The molecule has 162 valence electrons. The van der Waals surface area contributed by atoms with Crippen LogP contribution in [0, 0.1) is 0 Å². The monoisotopic (exact) mass is 417 g/mol. The Bertz CT molecular complexity index is 931. The van der Waals surface area contributed by atoms with Gasteiger partial charge in [-0.05, 0) is 36.6 Å². The van der Waals surface area contributed by atoms with E-state index in [-0.39, 0.29) is 11.8 Å². The molecule has 5 heteroatoms. The van der Waals surface area contributed by atoms with Crippen LogP contribution in [0.25, 0.3) is 0 Å². The first-order valence-electron chi connectivity index (χ1n) is 11.7. The number of hydrogen-bond donors (Lipinski definition) is 0. The van der Waals surface area contributed by atoms with Crippen molar-refractivity contribution in [2.45, 2.75) is 50.6 Å². The molecular formula is C26H31N3O2. The number of fused-ring (bicyclic) bond motifs is 1. The second kappa shape index (κ2) is 8.83. The van der Waals surface area contributed by atoms with E-state index in [4.69, 9.17) is 0 Å². The second-order valence-corrected chi connectivity index (χ2v) is 9.04. The summed E-state index contributed by atoms with van der Waals surface area (Å²) in [5.74, 6) is -0.00600. The van der Waals surface area contributed by atoms with Crippen LogP contribution in [-0.4, -0.2) is 59.9 Å². The maximum absolute atomic E-state index is 13.6. The van der Waals surface area contributed by atoms with Crippen LogP contribution < -0.4 is 4.90 Å². The van der Waals surface area contributed by atoms with Gasteiger partial charge in [-0.3, -0.25) is 19.4 Å². The third-order valence-corrected chi connectivity index (χ3v) is 7.22. The lowest BCUT2D eigenvalue weighted by molar-refractivity contribution is -0.134. The second-order valence-electron chi connectivity index (χ2n) is 9.04. The summed E-state index contributed by atoms with van der Waals surface area (Å²) in [5, 5.41) is 0. The first kappa shape index (κ1) is 20.3. The molecule has 0 aromatic heterocycles. The zero-order valence-electron chi connectivity index (χ0n) is 18.1. The minimum atomic E-state index is -0.452. The summed E-state index contributed by atoms with van der Waals surface area (Å²) < 4.78 is 0. The highest BCUT2D eigenvalue weighted by atomic mass is 16.2. The van der Waals surface area contributed by atoms with E-state index in [1.54, 1.807) is 4.90 Å². The van der Waals surface area contributed by atoms with Crippen LogP contribution in [0.3, 0.4) is 0 Å². The van der Waals surface area contributed by atoms with E-state index in [2.05, 4.69) is 4.90 Å². The standard InChI is InChI=1S/C26H31N3O2/c30-25(20-9-3-1-4-10-20)29-23-14-8-7-11-21(23)19-24(29)26(31)28-17-15-27(16-18-28)22-12-5-2-6-13-22/h1,3-4,7-11,14,22,24H,2,5-6,12-13,15-19H2/t24-/m1/s1. The summed E-state index contributed by atoms with van der Waals surface area (Å²) in [4.78, 5) is 33.3. The SMILES string of the molecule is O=C([C@H]1Cc2ccccc2N1C(=O)c1ccccc1)N1CCN(C2CCCCC2)CC1. The van der Waals surface area contributed by atoms with Crippen molar-refractivity contribution in [3.8, 4) is 0 Å². The van der Waals surface area contributed by atoms with Crippen molar-refractivity contribution >= 4 is 17.5 Å². The highest BCUT2D eigenvalue weighted by Crippen LogP contribution is 2.34. The third kappa shape index (κ3) is 3.99. The lowest BCUT2D eigenvalue weighted by Gasteiger charge is -2.42. The number of rotatable bonds is 3. The Kier molecular flexibility index (Phi) is 5.77. The van der Waals surface area contributed by atoms with Crippen LogP contribution >= 0.6 is 0 Å². The number of anilines is 1. The molecule has 31 heavy (non-hydrogen) atoms. The number of nitrogens with zero attached hydrogens (tertiary/aromatic N) is 3. The number of piperazine rings is 1. The fraction of sp³-hybridized carbons (Fsp3) is 0.462. The molecule has 3 aliphatic rings. The molecule has 0 spiro atoms. The van der Waals surface area contributed by atoms with Crippen molar-refractivity contribution < 1.29 is 9.59 Å². The van der Waals surface area contributed by atoms with Gasteiger partial charge in [0.05, 0.1) is 0 Å². The quantitative estimate of drug-likeness (QED) is 0.764. The Labute approximate surface area is 184 Å². The molecule has 0 radical (unpaired) electrons. The molecule has 1 saturated carbocycles. The number of amides is 2. The van der Waals surface area contributed by atoms with Crippen molar-refractivity contribution in [2.75, 3.05) is 31.1 Å². The predicted molar refractivity (Wildman–Crippen MR) is 122 cm³/mol. The van der Waals surface area contributed by atoms with E-state index in [1.165, 1.54) is 32.1 Å². The molecule has 0 bridgehead atoms. The van der Waals surface area contributed by atoms with Gasteiger partial charge in [-0.1, -0.05) is 55.7 Å². The lowest BCUT2D eigenvalue weighted by atomic mass is 9.94. The van der Waals surface area contributed by atoms with Gasteiger partial charge < -0.3 is 4.90 Å². The Hall–Kier alpha value is -2.66. The molecule has 0 N–H and O–H groups in total. The van der Waals surface area contributed by atoms with Gasteiger partial charge in [0.15, 0.2) is 0 Å². The predicted octanol–water partition coefficient (Wildman–Crippen LogP) is 3.74. The normalized spacial score (nSPS) is 22.4. The smallest absolute Gasteiger partial charge is 0.259 e. The Morgan fingerprint density at radius 3 is 2.19 bits per heavy atom. The van der Waals surface area contributed by atoms with E-state index in [1.807, 2.05) is 59.5 Å². The summed E-state index contributed by atoms with van der Waals surface area (Å²) >= 11 is 0. The third-order valence-electron chi connectivity index (χ3n) is 7.22. The summed E-state index contributed by atoms with van der Waals surface area (Å²) in [7, 11) is 0. The van der Waals surface area contributed by atoms with Gasteiger partial charge in [0.2, 0.25) is 5.91 Å². The van der Waals surface area contributed by atoms with Crippen molar-refractivity contribution in [2.24, 2.45) is 0 Å². The highest BCUT2D eigenvalue weighted by molar-refractivity contribution is 6.11. The summed E-state index contributed by atoms with van der Waals surface area (Å²) in [6, 6.07) is 17.5. The van der Waals surface area contributed by atoms with Gasteiger partial charge in [-0.15, -0.1) is 0 Å². The fourth-order valence-electron chi connectivity index (χ4n) is 5.52. The maximum Gasteiger partial charge on any atom is 0.259 e. The molecule has 2 aliphatic heterocycles. The average Bonchev–Trinajstić information content (AvgIpc) is 3.24. The Balaban J connectivity index is 1.32. The number of benzene rings is 2. The molecule has 1 aliphatic carbocycles. The molecule has 0 unspecified atom stereocenters. The van der Waals surface area contributed by atoms with Gasteiger partial charge in [0, 0.05) is 49.9 Å². The molecule has 5 rings (SSSR count). The largest absolute Gasteiger partial charge is 0.338 e. The summed E-state index contributed by atoms with van der Waals surface area (Å²) in [6.45, 7) is 3.41. The van der Waals surface area contributed by atoms with E-state index < -0.39 is 6.04 Å². The van der Waals surface area contributed by atoms with Crippen LogP contribution in [0.2, 0.25) is 0 Å². The van der Waals surface area contributed by atoms with E-state index >= 15 is 0 Å². The van der Waals surface area contributed by atoms with Crippen LogP contribution in [0.15, 0.2) is 54.6 Å². The average molecular weight is 418 g/mol. The molecule has 5 nitrogen and oxygen atoms in total. The number of hydrogen-bond acceptors (Lipinski definition) is 3. The molecular weight excluding hydrogens is 386 g/mol. The van der Waals surface area contributed by atoms with Crippen LogP contribution in [0.5, 0.6) is 0 Å². The lowest BCUT2D eigenvalue weighted by Crippen LogP contribution is -2.57. The Morgan fingerprint density at radius 2 is 1.45 bits per heavy atom. The van der Waals surface area contributed by atoms with Gasteiger partial charge in [0.1, 0.15) is 6.04 Å². The maximum atomic E-state index is 13.6. The number of carbonyl (C=O) groups is 2. The number of para-hydroxylation sites is 1. The van der Waals surface area contributed by atoms with E-state index in [9.17, 15) is 9.59 Å². The van der Waals surface area contributed by atoms with Gasteiger partial charge >= 0.3 is 0 Å². The van der Waals surface area contributed by atoms with E-state index in [0.717, 1.165) is 37.4 Å². The van der Waals surface area contributed by atoms with Crippen molar-refractivity contribution in [1.82, 2.24) is 9.80 Å². The minimum Gasteiger partial charge on any atom is -0.338 e. The molecule has 2 heterocycles. The minimum absolute atomic E-state index is 0.0868. The molecule has 2 aromatic carbocycles. The molecule has 1 atom stereocenters. The molecule has 2 aromatic rings. The van der Waals surface area contributed by atoms with Gasteiger partial charge in [-0.2, -0.15) is 0 Å². The zero-order valence-corrected chi connectivity index (χ0v) is 18.1. The molecule has 1 saturated heterocycles. The zero-order chi connectivity index (χ0) is 21.2. The van der Waals surface area contributed by atoms with Crippen LogP contribution in [-0.2, 0) is 11.2 Å². The van der Waals surface area contributed by atoms with Crippen LogP contribution in [0.4, 0.5) is 5.69 Å².